The Bertz CT molecular complexity index is 150. The van der Waals surface area contributed by atoms with Crippen LogP contribution in [0.25, 0.3) is 0 Å². The third kappa shape index (κ3) is 3.17. The second-order valence-electron chi connectivity index (χ2n) is 2.79. The number of carboxylic acids is 1. The maximum atomic E-state index is 10.4. The molecular formula is C7H15NO4. The molecule has 12 heavy (non-hydrogen) atoms. The summed E-state index contributed by atoms with van der Waals surface area (Å²) in [5.41, 5.74) is 5.39. The second-order valence-corrected chi connectivity index (χ2v) is 2.79. The quantitative estimate of drug-likeness (QED) is 0.421. The summed E-state index contributed by atoms with van der Waals surface area (Å²) in [6.07, 6.45) is -0.895. The van der Waals surface area contributed by atoms with Gasteiger partial charge in [-0.25, -0.2) is 0 Å². The Morgan fingerprint density at radius 2 is 2.08 bits per heavy atom. The molecule has 0 fully saturated rings. The molecule has 0 aliphatic heterocycles. The zero-order valence-electron chi connectivity index (χ0n) is 6.97. The number of aliphatic carboxylic acids is 1. The van der Waals surface area contributed by atoms with Crippen LogP contribution in [0, 0.1) is 5.92 Å². The molecule has 0 saturated heterocycles. The zero-order valence-corrected chi connectivity index (χ0v) is 6.97. The van der Waals surface area contributed by atoms with E-state index in [4.69, 9.17) is 15.9 Å². The molecule has 0 radical (unpaired) electrons. The molecule has 3 atom stereocenters. The lowest BCUT2D eigenvalue weighted by molar-refractivity contribution is -0.145. The predicted molar refractivity (Wildman–Crippen MR) is 42.5 cm³/mol. The highest BCUT2D eigenvalue weighted by molar-refractivity contribution is 5.70. The van der Waals surface area contributed by atoms with Crippen molar-refractivity contribution in [3.8, 4) is 0 Å². The van der Waals surface area contributed by atoms with Gasteiger partial charge in [0.15, 0.2) is 0 Å². The van der Waals surface area contributed by atoms with E-state index in [2.05, 4.69) is 0 Å². The number of aliphatic hydroxyl groups excluding tert-OH is 2. The van der Waals surface area contributed by atoms with E-state index >= 15 is 0 Å². The van der Waals surface area contributed by atoms with Gasteiger partial charge in [-0.1, -0.05) is 0 Å². The van der Waals surface area contributed by atoms with Gasteiger partial charge in [0.1, 0.15) is 0 Å². The van der Waals surface area contributed by atoms with Crippen LogP contribution in [0.15, 0.2) is 0 Å². The maximum absolute atomic E-state index is 10.4. The molecule has 5 N–H and O–H groups in total. The van der Waals surface area contributed by atoms with Crippen LogP contribution in [0.5, 0.6) is 0 Å². The van der Waals surface area contributed by atoms with E-state index < -0.39 is 24.0 Å². The molecular weight excluding hydrogens is 162 g/mol. The number of rotatable bonds is 5. The SMILES string of the molecule is CC(C(=O)O)C(O)C(N)CCO. The predicted octanol–water partition coefficient (Wildman–Crippen LogP) is -1.22. The van der Waals surface area contributed by atoms with Crippen molar-refractivity contribution in [1.82, 2.24) is 0 Å². The molecule has 0 aromatic heterocycles. The smallest absolute Gasteiger partial charge is 0.308 e. The second kappa shape index (κ2) is 5.08. The molecule has 0 bridgehead atoms. The first-order chi connectivity index (χ1) is 5.50. The van der Waals surface area contributed by atoms with Gasteiger partial charge in [-0.05, 0) is 13.3 Å². The minimum absolute atomic E-state index is 0.148. The molecule has 0 rings (SSSR count). The fourth-order valence-corrected chi connectivity index (χ4v) is 0.837. The largest absolute Gasteiger partial charge is 0.481 e. The van der Waals surface area contributed by atoms with Gasteiger partial charge in [0.25, 0.3) is 0 Å². The van der Waals surface area contributed by atoms with Crippen LogP contribution in [0.4, 0.5) is 0 Å². The molecule has 0 aromatic carbocycles. The lowest BCUT2D eigenvalue weighted by Crippen LogP contribution is -2.42. The van der Waals surface area contributed by atoms with Gasteiger partial charge in [0, 0.05) is 12.6 Å². The number of aliphatic hydroxyl groups is 2. The molecule has 0 aliphatic rings. The lowest BCUT2D eigenvalue weighted by Gasteiger charge is -2.20. The summed E-state index contributed by atoms with van der Waals surface area (Å²) in [6.45, 7) is 1.23. The zero-order chi connectivity index (χ0) is 9.72. The van der Waals surface area contributed by atoms with Crippen molar-refractivity contribution in [3.63, 3.8) is 0 Å². The normalized spacial score (nSPS) is 18.3. The number of hydrogen-bond acceptors (Lipinski definition) is 4. The Morgan fingerprint density at radius 3 is 2.42 bits per heavy atom. The number of nitrogens with two attached hydrogens (primary N) is 1. The fourth-order valence-electron chi connectivity index (χ4n) is 0.837. The molecule has 0 aromatic rings. The Morgan fingerprint density at radius 1 is 1.58 bits per heavy atom. The Kier molecular flexibility index (Phi) is 4.80. The van der Waals surface area contributed by atoms with E-state index in [9.17, 15) is 9.90 Å². The van der Waals surface area contributed by atoms with Crippen molar-refractivity contribution >= 4 is 5.97 Å². The van der Waals surface area contributed by atoms with Gasteiger partial charge in [-0.2, -0.15) is 0 Å². The first-order valence-corrected chi connectivity index (χ1v) is 3.78. The highest BCUT2D eigenvalue weighted by Crippen LogP contribution is 2.08. The topological polar surface area (TPSA) is 104 Å². The fraction of sp³-hybridized carbons (Fsp3) is 0.857. The summed E-state index contributed by atoms with van der Waals surface area (Å²) in [7, 11) is 0. The molecule has 0 heterocycles. The van der Waals surface area contributed by atoms with Crippen LogP contribution >= 0.6 is 0 Å². The summed E-state index contributed by atoms with van der Waals surface area (Å²) >= 11 is 0. The van der Waals surface area contributed by atoms with E-state index in [-0.39, 0.29) is 13.0 Å². The highest BCUT2D eigenvalue weighted by Gasteiger charge is 2.26. The number of carbonyl (C=O) groups is 1. The molecule has 0 amide bonds. The van der Waals surface area contributed by atoms with E-state index in [1.807, 2.05) is 0 Å². The maximum Gasteiger partial charge on any atom is 0.308 e. The third-order valence-electron chi connectivity index (χ3n) is 1.80. The average Bonchev–Trinajstić information content (AvgIpc) is 2.02. The Hall–Kier alpha value is -0.650. The highest BCUT2D eigenvalue weighted by atomic mass is 16.4. The van der Waals surface area contributed by atoms with Gasteiger partial charge in [0.2, 0.25) is 0 Å². The van der Waals surface area contributed by atoms with E-state index in [1.54, 1.807) is 0 Å². The monoisotopic (exact) mass is 177 g/mol. The summed E-state index contributed by atoms with van der Waals surface area (Å²) in [4.78, 5) is 10.4. The Balaban J connectivity index is 3.99. The summed E-state index contributed by atoms with van der Waals surface area (Å²) in [5.74, 6) is -1.98. The van der Waals surface area contributed by atoms with Crippen molar-refractivity contribution in [3.05, 3.63) is 0 Å². The summed E-state index contributed by atoms with van der Waals surface area (Å²) in [6, 6.07) is -0.680. The van der Waals surface area contributed by atoms with Gasteiger partial charge in [-0.3, -0.25) is 4.79 Å². The molecule has 0 aliphatic carbocycles. The number of hydrogen-bond donors (Lipinski definition) is 4. The summed E-state index contributed by atoms with van der Waals surface area (Å²) in [5, 5.41) is 26.2. The van der Waals surface area contributed by atoms with Crippen molar-refractivity contribution in [2.45, 2.75) is 25.5 Å². The van der Waals surface area contributed by atoms with Crippen molar-refractivity contribution < 1.29 is 20.1 Å². The Labute approximate surface area is 70.8 Å². The minimum atomic E-state index is -1.10. The van der Waals surface area contributed by atoms with Crippen LogP contribution < -0.4 is 5.73 Å². The molecule has 0 saturated carbocycles. The van der Waals surface area contributed by atoms with E-state index in [0.717, 1.165) is 0 Å². The van der Waals surface area contributed by atoms with E-state index in [0.29, 0.717) is 0 Å². The molecule has 3 unspecified atom stereocenters. The lowest BCUT2D eigenvalue weighted by atomic mass is 9.97. The van der Waals surface area contributed by atoms with Crippen LogP contribution in [-0.2, 0) is 4.79 Å². The first-order valence-electron chi connectivity index (χ1n) is 3.78. The van der Waals surface area contributed by atoms with Crippen molar-refractivity contribution in [2.75, 3.05) is 6.61 Å². The molecule has 72 valence electrons. The number of carboxylic acid groups (broad SMARTS) is 1. The van der Waals surface area contributed by atoms with Crippen LogP contribution in [0.2, 0.25) is 0 Å². The molecule has 5 heteroatoms. The standard InChI is InChI=1S/C7H15NO4/c1-4(7(11)12)6(10)5(8)2-3-9/h4-6,9-10H,2-3,8H2,1H3,(H,11,12). The summed E-state index contributed by atoms with van der Waals surface area (Å²) < 4.78 is 0. The van der Waals surface area contributed by atoms with E-state index in [1.165, 1.54) is 6.92 Å². The van der Waals surface area contributed by atoms with Gasteiger partial charge < -0.3 is 21.1 Å². The first kappa shape index (κ1) is 11.4. The van der Waals surface area contributed by atoms with Gasteiger partial charge in [-0.15, -0.1) is 0 Å². The van der Waals surface area contributed by atoms with Gasteiger partial charge >= 0.3 is 5.97 Å². The average molecular weight is 177 g/mol. The molecule has 5 nitrogen and oxygen atoms in total. The van der Waals surface area contributed by atoms with Crippen LogP contribution in [0.3, 0.4) is 0 Å². The molecule has 0 spiro atoms. The van der Waals surface area contributed by atoms with Crippen molar-refractivity contribution in [2.24, 2.45) is 11.7 Å². The van der Waals surface area contributed by atoms with Crippen molar-refractivity contribution in [1.29, 1.82) is 0 Å². The third-order valence-corrected chi connectivity index (χ3v) is 1.80. The van der Waals surface area contributed by atoms with Crippen LogP contribution in [0.1, 0.15) is 13.3 Å². The van der Waals surface area contributed by atoms with Gasteiger partial charge in [0.05, 0.1) is 12.0 Å². The van der Waals surface area contributed by atoms with Crippen LogP contribution in [-0.4, -0.2) is 40.0 Å². The minimum Gasteiger partial charge on any atom is -0.481 e.